The molecule has 0 aliphatic carbocycles. The second-order valence-electron chi connectivity index (χ2n) is 4.15. The summed E-state index contributed by atoms with van der Waals surface area (Å²) in [5.41, 5.74) is 1.00. The molecule has 1 aliphatic heterocycles. The summed E-state index contributed by atoms with van der Waals surface area (Å²) in [6, 6.07) is 3.95. The summed E-state index contributed by atoms with van der Waals surface area (Å²) in [7, 11) is 0. The number of amides is 1. The monoisotopic (exact) mass is 297 g/mol. The molecule has 1 aromatic rings. The van der Waals surface area contributed by atoms with Gasteiger partial charge in [-0.25, -0.2) is 0 Å². The maximum atomic E-state index is 11.7. The van der Waals surface area contributed by atoms with E-state index in [1.807, 2.05) is 19.1 Å². The topological polar surface area (TPSA) is 45.2 Å². The number of halogens is 1. The van der Waals surface area contributed by atoms with Crippen molar-refractivity contribution in [3.05, 3.63) is 28.5 Å². The minimum Gasteiger partial charge on any atom is -0.353 e. The van der Waals surface area contributed by atoms with Crippen molar-refractivity contribution in [1.29, 1.82) is 0 Å². The van der Waals surface area contributed by atoms with Gasteiger partial charge in [0.1, 0.15) is 0 Å². The second kappa shape index (κ2) is 5.60. The predicted molar refractivity (Wildman–Crippen MR) is 69.4 cm³/mol. The third kappa shape index (κ3) is 3.04. The third-order valence-electron chi connectivity index (χ3n) is 2.98. The van der Waals surface area contributed by atoms with Gasteiger partial charge in [-0.1, -0.05) is 6.92 Å². The molecule has 1 unspecified atom stereocenters. The Morgan fingerprint density at radius 3 is 3.06 bits per heavy atom. The van der Waals surface area contributed by atoms with Crippen molar-refractivity contribution in [2.45, 2.75) is 25.9 Å². The minimum absolute atomic E-state index is 0.0193. The molecule has 2 heterocycles. The fraction of sp³-hybridized carbons (Fsp3) is 0.500. The number of nitrogens with one attached hydrogen (secondary N) is 1. The van der Waals surface area contributed by atoms with Crippen molar-refractivity contribution in [2.75, 3.05) is 13.1 Å². The number of hydrogen-bond acceptors (Lipinski definition) is 3. The van der Waals surface area contributed by atoms with Crippen molar-refractivity contribution < 1.29 is 4.79 Å². The highest BCUT2D eigenvalue weighted by Crippen LogP contribution is 2.14. The zero-order valence-electron chi connectivity index (χ0n) is 9.82. The summed E-state index contributed by atoms with van der Waals surface area (Å²) in [5, 5.41) is 2.90. The van der Waals surface area contributed by atoms with Gasteiger partial charge >= 0.3 is 0 Å². The Balaban J connectivity index is 2.06. The standard InChI is InChI=1S/C12H16BrN3O/c1-2-11-12(17)14-5-6-16(11)8-10-4-3-9(13)7-15-10/h3-4,7,11H,2,5-6,8H2,1H3,(H,14,17). The van der Waals surface area contributed by atoms with Crippen LogP contribution in [0.5, 0.6) is 0 Å². The lowest BCUT2D eigenvalue weighted by molar-refractivity contribution is -0.129. The summed E-state index contributed by atoms with van der Waals surface area (Å²) in [6.45, 7) is 4.39. The average Bonchev–Trinajstić information content (AvgIpc) is 2.32. The van der Waals surface area contributed by atoms with Gasteiger partial charge in [0.05, 0.1) is 11.7 Å². The van der Waals surface area contributed by atoms with E-state index in [2.05, 4.69) is 31.1 Å². The molecule has 17 heavy (non-hydrogen) atoms. The Kier molecular flexibility index (Phi) is 4.12. The van der Waals surface area contributed by atoms with Crippen LogP contribution in [0.15, 0.2) is 22.8 Å². The van der Waals surface area contributed by atoms with E-state index in [9.17, 15) is 4.79 Å². The van der Waals surface area contributed by atoms with E-state index in [1.165, 1.54) is 0 Å². The van der Waals surface area contributed by atoms with E-state index in [0.717, 1.165) is 36.2 Å². The molecule has 2 rings (SSSR count). The number of rotatable bonds is 3. The highest BCUT2D eigenvalue weighted by atomic mass is 79.9. The summed E-state index contributed by atoms with van der Waals surface area (Å²) in [4.78, 5) is 18.2. The molecule has 92 valence electrons. The molecular formula is C12H16BrN3O. The summed E-state index contributed by atoms with van der Waals surface area (Å²) < 4.78 is 0.977. The minimum atomic E-state index is -0.0193. The zero-order chi connectivity index (χ0) is 12.3. The zero-order valence-corrected chi connectivity index (χ0v) is 11.4. The van der Waals surface area contributed by atoms with Gasteiger partial charge in [0.2, 0.25) is 5.91 Å². The van der Waals surface area contributed by atoms with Gasteiger partial charge in [0, 0.05) is 30.3 Å². The van der Waals surface area contributed by atoms with Crippen LogP contribution < -0.4 is 5.32 Å². The molecule has 0 spiro atoms. The fourth-order valence-corrected chi connectivity index (χ4v) is 2.34. The number of piperazine rings is 1. The number of hydrogen-bond donors (Lipinski definition) is 1. The highest BCUT2D eigenvalue weighted by Gasteiger charge is 2.27. The van der Waals surface area contributed by atoms with Crippen LogP contribution in [0, 0.1) is 0 Å². The maximum absolute atomic E-state index is 11.7. The first-order chi connectivity index (χ1) is 8.20. The SMILES string of the molecule is CCC1C(=O)NCCN1Cc1ccc(Br)cn1. The summed E-state index contributed by atoms with van der Waals surface area (Å²) in [5.74, 6) is 0.135. The van der Waals surface area contributed by atoms with Gasteiger partial charge in [-0.15, -0.1) is 0 Å². The Bertz CT molecular complexity index is 393. The van der Waals surface area contributed by atoms with Gasteiger partial charge in [-0.2, -0.15) is 0 Å². The van der Waals surface area contributed by atoms with Crippen LogP contribution in [0.25, 0.3) is 0 Å². The molecule has 0 saturated carbocycles. The third-order valence-corrected chi connectivity index (χ3v) is 3.45. The van der Waals surface area contributed by atoms with Crippen LogP contribution in [0.1, 0.15) is 19.0 Å². The molecule has 1 aromatic heterocycles. The summed E-state index contributed by atoms with van der Waals surface area (Å²) in [6.07, 6.45) is 2.63. The Morgan fingerprint density at radius 2 is 2.41 bits per heavy atom. The lowest BCUT2D eigenvalue weighted by Gasteiger charge is -2.34. The van der Waals surface area contributed by atoms with E-state index in [1.54, 1.807) is 6.20 Å². The maximum Gasteiger partial charge on any atom is 0.237 e. The molecule has 1 N–H and O–H groups in total. The first kappa shape index (κ1) is 12.5. The predicted octanol–water partition coefficient (Wildman–Crippen LogP) is 1.55. The quantitative estimate of drug-likeness (QED) is 0.921. The van der Waals surface area contributed by atoms with E-state index >= 15 is 0 Å². The average molecular weight is 298 g/mol. The van der Waals surface area contributed by atoms with Crippen LogP contribution in [-0.4, -0.2) is 34.9 Å². The van der Waals surface area contributed by atoms with Crippen LogP contribution in [-0.2, 0) is 11.3 Å². The van der Waals surface area contributed by atoms with Crippen LogP contribution in [0.3, 0.4) is 0 Å². The highest BCUT2D eigenvalue weighted by molar-refractivity contribution is 9.10. The van der Waals surface area contributed by atoms with E-state index in [0.29, 0.717) is 0 Å². The number of carbonyl (C=O) groups is 1. The number of aromatic nitrogens is 1. The van der Waals surface area contributed by atoms with Crippen molar-refractivity contribution >= 4 is 21.8 Å². The molecule has 0 aromatic carbocycles. The molecule has 1 fully saturated rings. The van der Waals surface area contributed by atoms with Gasteiger partial charge in [0.15, 0.2) is 0 Å². The molecular weight excluding hydrogens is 282 g/mol. The van der Waals surface area contributed by atoms with Gasteiger partial charge < -0.3 is 5.32 Å². The fourth-order valence-electron chi connectivity index (χ4n) is 2.10. The molecule has 1 atom stereocenters. The first-order valence-electron chi connectivity index (χ1n) is 5.83. The molecule has 0 bridgehead atoms. The number of nitrogens with zero attached hydrogens (tertiary/aromatic N) is 2. The van der Waals surface area contributed by atoms with Crippen molar-refractivity contribution in [1.82, 2.24) is 15.2 Å². The van der Waals surface area contributed by atoms with Crippen molar-refractivity contribution in [2.24, 2.45) is 0 Å². The van der Waals surface area contributed by atoms with E-state index < -0.39 is 0 Å². The lowest BCUT2D eigenvalue weighted by Crippen LogP contribution is -2.54. The molecule has 0 radical (unpaired) electrons. The van der Waals surface area contributed by atoms with Gasteiger partial charge in [-0.05, 0) is 34.5 Å². The molecule has 1 aliphatic rings. The smallest absolute Gasteiger partial charge is 0.237 e. The molecule has 1 amide bonds. The molecule has 1 saturated heterocycles. The van der Waals surface area contributed by atoms with Gasteiger partial charge in [-0.3, -0.25) is 14.7 Å². The van der Waals surface area contributed by atoms with Crippen LogP contribution in [0.2, 0.25) is 0 Å². The largest absolute Gasteiger partial charge is 0.353 e. The lowest BCUT2D eigenvalue weighted by atomic mass is 10.1. The first-order valence-corrected chi connectivity index (χ1v) is 6.62. The normalized spacial score (nSPS) is 21.3. The van der Waals surface area contributed by atoms with E-state index in [4.69, 9.17) is 0 Å². The number of carbonyl (C=O) groups excluding carboxylic acids is 1. The Hall–Kier alpha value is -0.940. The Labute approximate surface area is 110 Å². The van der Waals surface area contributed by atoms with Crippen LogP contribution in [0.4, 0.5) is 0 Å². The summed E-state index contributed by atoms with van der Waals surface area (Å²) >= 11 is 3.37. The van der Waals surface area contributed by atoms with Crippen LogP contribution >= 0.6 is 15.9 Å². The van der Waals surface area contributed by atoms with Crippen molar-refractivity contribution in [3.63, 3.8) is 0 Å². The molecule has 5 heteroatoms. The number of pyridine rings is 1. The van der Waals surface area contributed by atoms with E-state index in [-0.39, 0.29) is 11.9 Å². The Morgan fingerprint density at radius 1 is 1.59 bits per heavy atom. The molecule has 4 nitrogen and oxygen atoms in total. The second-order valence-corrected chi connectivity index (χ2v) is 5.07. The van der Waals surface area contributed by atoms with Gasteiger partial charge in [0.25, 0.3) is 0 Å². The van der Waals surface area contributed by atoms with Crippen molar-refractivity contribution in [3.8, 4) is 0 Å².